The molecule has 0 spiro atoms. The van der Waals surface area contributed by atoms with E-state index in [-0.39, 0.29) is 5.92 Å². The summed E-state index contributed by atoms with van der Waals surface area (Å²) in [6.45, 7) is 7.55. The summed E-state index contributed by atoms with van der Waals surface area (Å²) in [5.74, 6) is 0.444. The van der Waals surface area contributed by atoms with Gasteiger partial charge >= 0.3 is 0 Å². The number of aromatic nitrogens is 3. The summed E-state index contributed by atoms with van der Waals surface area (Å²) >= 11 is 0. The third-order valence-corrected chi connectivity index (χ3v) is 5.97. The fourth-order valence-corrected chi connectivity index (χ4v) is 4.24. The number of anilines is 1. The van der Waals surface area contributed by atoms with E-state index < -0.39 is 0 Å². The average molecular weight is 367 g/mol. The van der Waals surface area contributed by atoms with Gasteiger partial charge < -0.3 is 9.80 Å². The van der Waals surface area contributed by atoms with E-state index in [4.69, 9.17) is 0 Å². The number of likely N-dealkylation sites (tertiary alicyclic amines) is 1. The molecule has 2 aliphatic rings. The lowest BCUT2D eigenvalue weighted by Crippen LogP contribution is -2.45. The number of hydrogen-bond donors (Lipinski definition) is 0. The van der Waals surface area contributed by atoms with Crippen LogP contribution in [0.15, 0.2) is 12.3 Å². The first kappa shape index (κ1) is 18.1. The summed E-state index contributed by atoms with van der Waals surface area (Å²) in [6.07, 6.45) is 8.71. The molecule has 0 radical (unpaired) electrons. The summed E-state index contributed by atoms with van der Waals surface area (Å²) in [5, 5.41) is 0. The largest absolute Gasteiger partial charge is 0.369 e. The number of piperidine rings is 1. The molecule has 2 aromatic rings. The van der Waals surface area contributed by atoms with Crippen molar-refractivity contribution in [1.29, 1.82) is 0 Å². The summed E-state index contributed by atoms with van der Waals surface area (Å²) in [4.78, 5) is 31.1. The molecule has 0 N–H and O–H groups in total. The molecule has 6 heteroatoms. The van der Waals surface area contributed by atoms with Crippen molar-refractivity contribution in [2.45, 2.75) is 52.4 Å². The van der Waals surface area contributed by atoms with Crippen molar-refractivity contribution in [3.8, 4) is 0 Å². The number of aryl methyl sites for hydroxylation is 2. The van der Waals surface area contributed by atoms with Crippen LogP contribution in [0.4, 0.5) is 5.69 Å². The first-order chi connectivity index (χ1) is 13.1. The summed E-state index contributed by atoms with van der Waals surface area (Å²) < 4.78 is 0. The van der Waals surface area contributed by atoms with Crippen LogP contribution in [0.25, 0.3) is 11.2 Å². The van der Waals surface area contributed by atoms with Crippen molar-refractivity contribution in [1.82, 2.24) is 19.9 Å². The molecule has 4 heterocycles. The second-order valence-corrected chi connectivity index (χ2v) is 7.96. The minimum absolute atomic E-state index is 0.0957. The first-order valence-corrected chi connectivity index (χ1v) is 10.3. The van der Waals surface area contributed by atoms with Crippen LogP contribution in [-0.4, -0.2) is 51.9 Å². The Morgan fingerprint density at radius 3 is 2.52 bits per heavy atom. The van der Waals surface area contributed by atoms with Gasteiger partial charge in [0.15, 0.2) is 5.65 Å². The Bertz CT molecular complexity index is 829. The highest BCUT2D eigenvalue weighted by atomic mass is 16.2. The van der Waals surface area contributed by atoms with Crippen LogP contribution >= 0.6 is 0 Å². The Morgan fingerprint density at radius 1 is 1.00 bits per heavy atom. The molecular weight excluding hydrogens is 338 g/mol. The van der Waals surface area contributed by atoms with Crippen LogP contribution in [-0.2, 0) is 4.79 Å². The van der Waals surface area contributed by atoms with Crippen molar-refractivity contribution in [2.24, 2.45) is 5.92 Å². The lowest BCUT2D eigenvalue weighted by molar-refractivity contribution is -0.135. The molecule has 4 rings (SSSR count). The second kappa shape index (κ2) is 7.79. The van der Waals surface area contributed by atoms with Gasteiger partial charge in [-0.15, -0.1) is 0 Å². The Balaban J connectivity index is 1.51. The standard InChI is InChI=1S/C21H29N5O/c1-15-16(2)24-20-19(23-15)12-18(13-22-20)26-11-7-8-17(14-26)21(27)25-9-5-3-4-6-10-25/h12-13,17H,3-11,14H2,1-2H3/t17-/m0/s1. The van der Waals surface area contributed by atoms with Crippen LogP contribution < -0.4 is 4.90 Å². The summed E-state index contributed by atoms with van der Waals surface area (Å²) in [5.41, 5.74) is 4.43. The molecule has 0 aromatic carbocycles. The van der Waals surface area contributed by atoms with Gasteiger partial charge in [0.1, 0.15) is 5.52 Å². The van der Waals surface area contributed by atoms with Gasteiger partial charge in [0, 0.05) is 26.2 Å². The van der Waals surface area contributed by atoms with E-state index in [1.165, 1.54) is 12.8 Å². The number of carbonyl (C=O) groups excluding carboxylic acids is 1. The molecule has 0 aliphatic carbocycles. The van der Waals surface area contributed by atoms with E-state index in [9.17, 15) is 4.79 Å². The molecule has 27 heavy (non-hydrogen) atoms. The van der Waals surface area contributed by atoms with Gasteiger partial charge in [0.2, 0.25) is 5.91 Å². The van der Waals surface area contributed by atoms with Crippen LogP contribution in [0.1, 0.15) is 49.9 Å². The van der Waals surface area contributed by atoms with Gasteiger partial charge in [0.05, 0.1) is 29.2 Å². The highest BCUT2D eigenvalue weighted by molar-refractivity contribution is 5.80. The Kier molecular flexibility index (Phi) is 5.23. The van der Waals surface area contributed by atoms with Gasteiger partial charge in [-0.2, -0.15) is 0 Å². The summed E-state index contributed by atoms with van der Waals surface area (Å²) in [7, 11) is 0. The molecule has 144 valence electrons. The number of carbonyl (C=O) groups is 1. The lowest BCUT2D eigenvalue weighted by atomic mass is 9.96. The van der Waals surface area contributed by atoms with E-state index in [0.717, 1.165) is 74.5 Å². The fraction of sp³-hybridized carbons (Fsp3) is 0.619. The van der Waals surface area contributed by atoms with E-state index >= 15 is 0 Å². The zero-order valence-corrected chi connectivity index (χ0v) is 16.4. The minimum Gasteiger partial charge on any atom is -0.369 e. The average Bonchev–Trinajstić information content (AvgIpc) is 2.97. The molecule has 0 unspecified atom stereocenters. The molecule has 1 amide bonds. The Morgan fingerprint density at radius 2 is 1.74 bits per heavy atom. The van der Waals surface area contributed by atoms with Crippen molar-refractivity contribution in [2.75, 3.05) is 31.1 Å². The van der Waals surface area contributed by atoms with Crippen LogP contribution in [0, 0.1) is 19.8 Å². The highest BCUT2D eigenvalue weighted by Crippen LogP contribution is 2.26. The monoisotopic (exact) mass is 367 g/mol. The lowest BCUT2D eigenvalue weighted by Gasteiger charge is -2.36. The fourth-order valence-electron chi connectivity index (χ4n) is 4.24. The molecule has 6 nitrogen and oxygen atoms in total. The third-order valence-electron chi connectivity index (χ3n) is 5.97. The zero-order valence-electron chi connectivity index (χ0n) is 16.4. The topological polar surface area (TPSA) is 62.2 Å². The number of pyridine rings is 1. The predicted octanol–water partition coefficient (Wildman–Crippen LogP) is 3.26. The van der Waals surface area contributed by atoms with E-state index in [1.54, 1.807) is 0 Å². The molecule has 2 aromatic heterocycles. The molecule has 0 bridgehead atoms. The SMILES string of the molecule is Cc1nc2cc(N3CCC[C@H](C(=O)N4CCCCCC4)C3)cnc2nc1C. The maximum absolute atomic E-state index is 13.0. The van der Waals surface area contributed by atoms with Gasteiger partial charge in [-0.25, -0.2) is 15.0 Å². The highest BCUT2D eigenvalue weighted by Gasteiger charge is 2.30. The maximum Gasteiger partial charge on any atom is 0.227 e. The van der Waals surface area contributed by atoms with Gasteiger partial charge in [0.25, 0.3) is 0 Å². The van der Waals surface area contributed by atoms with Gasteiger partial charge in [-0.1, -0.05) is 12.8 Å². The van der Waals surface area contributed by atoms with E-state index in [0.29, 0.717) is 11.6 Å². The van der Waals surface area contributed by atoms with E-state index in [2.05, 4.69) is 30.8 Å². The van der Waals surface area contributed by atoms with Crippen molar-refractivity contribution >= 4 is 22.8 Å². The zero-order chi connectivity index (χ0) is 18.8. The Hall–Kier alpha value is -2.24. The molecule has 2 aliphatic heterocycles. The molecule has 2 saturated heterocycles. The molecule has 2 fully saturated rings. The minimum atomic E-state index is 0.0957. The van der Waals surface area contributed by atoms with Crippen molar-refractivity contribution < 1.29 is 4.79 Å². The quantitative estimate of drug-likeness (QED) is 0.815. The van der Waals surface area contributed by atoms with E-state index in [1.807, 2.05) is 20.0 Å². The van der Waals surface area contributed by atoms with Crippen molar-refractivity contribution in [3.63, 3.8) is 0 Å². The first-order valence-electron chi connectivity index (χ1n) is 10.3. The van der Waals surface area contributed by atoms with Crippen LogP contribution in [0.5, 0.6) is 0 Å². The molecule has 0 saturated carbocycles. The van der Waals surface area contributed by atoms with Crippen LogP contribution in [0.2, 0.25) is 0 Å². The number of nitrogens with zero attached hydrogens (tertiary/aromatic N) is 5. The van der Waals surface area contributed by atoms with Crippen molar-refractivity contribution in [3.05, 3.63) is 23.7 Å². The number of fused-ring (bicyclic) bond motifs is 1. The smallest absolute Gasteiger partial charge is 0.227 e. The second-order valence-electron chi connectivity index (χ2n) is 7.96. The predicted molar refractivity (Wildman–Crippen MR) is 107 cm³/mol. The Labute approximate surface area is 161 Å². The van der Waals surface area contributed by atoms with Gasteiger partial charge in [-0.05, 0) is 45.6 Å². The van der Waals surface area contributed by atoms with Gasteiger partial charge in [-0.3, -0.25) is 4.79 Å². The third kappa shape index (κ3) is 3.89. The maximum atomic E-state index is 13.0. The normalized spacial score (nSPS) is 21.3. The molecular formula is C21H29N5O. The number of amides is 1. The number of rotatable bonds is 2. The number of hydrogen-bond acceptors (Lipinski definition) is 5. The summed E-state index contributed by atoms with van der Waals surface area (Å²) in [6, 6.07) is 2.07. The van der Waals surface area contributed by atoms with Crippen LogP contribution in [0.3, 0.4) is 0 Å². The molecule has 1 atom stereocenters.